The number of anilines is 1. The molecule has 8 N–H and O–H groups in total. The van der Waals surface area contributed by atoms with Crippen molar-refractivity contribution < 1.29 is 39.3 Å². The number of hydrogen-bond acceptors (Lipinski definition) is 9. The Morgan fingerprint density at radius 3 is 2.84 bits per heavy atom. The summed E-state index contributed by atoms with van der Waals surface area (Å²) in [6, 6.07) is 0. The molecule has 2 aliphatic rings. The zero-order valence-corrected chi connectivity index (χ0v) is 14.0. The molecule has 2 fully saturated rings. The average molecular weight is 400 g/mol. The second kappa shape index (κ2) is 6.72. The second-order valence-corrected chi connectivity index (χ2v) is 6.82. The molecule has 4 rings (SSSR count). The molecule has 0 aromatic carbocycles. The molecule has 2 saturated heterocycles. The lowest BCUT2D eigenvalue weighted by atomic mass is 10.1. The first-order valence-electron chi connectivity index (χ1n) is 6.50. The van der Waals surface area contributed by atoms with Crippen LogP contribution in [0.1, 0.15) is 6.23 Å². The van der Waals surface area contributed by atoms with E-state index in [1.165, 1.54) is 10.9 Å². The molecule has 0 aliphatic carbocycles. The molecule has 0 saturated carbocycles. The molecule has 0 amide bonds. The number of nitrogens with two attached hydrogens (primary N) is 1. The Bertz CT molecular complexity index is 835. The summed E-state index contributed by atoms with van der Waals surface area (Å²) in [5.74, 6) is 0.125. The van der Waals surface area contributed by atoms with E-state index in [4.69, 9.17) is 26.6 Å². The number of aromatic nitrogens is 4. The smallest absolute Gasteiger partial charge is 0.412 e. The quantitative estimate of drug-likeness (QED) is 0.360. The van der Waals surface area contributed by atoms with Crippen molar-refractivity contribution in [2.45, 2.75) is 24.5 Å². The topological polar surface area (TPSA) is 218 Å². The Balaban J connectivity index is 0.00000113. The van der Waals surface area contributed by atoms with Crippen LogP contribution in [-0.2, 0) is 18.3 Å². The largest absolute Gasteiger partial charge is 0.472 e. The lowest BCUT2D eigenvalue weighted by Crippen LogP contribution is -2.39. The molecule has 5 atom stereocenters. The number of aliphatic hydroxyl groups is 1. The maximum atomic E-state index is 11.5. The van der Waals surface area contributed by atoms with E-state index in [0.717, 1.165) is 0 Å². The number of ether oxygens (including phenoxy) is 1. The number of rotatable bonds is 1. The summed E-state index contributed by atoms with van der Waals surface area (Å²) in [6.07, 6.45) is -2.87. The zero-order valence-electron chi connectivity index (χ0n) is 12.3. The highest BCUT2D eigenvalue weighted by Gasteiger charge is 2.53. The highest BCUT2D eigenvalue weighted by Crippen LogP contribution is 2.52. The summed E-state index contributed by atoms with van der Waals surface area (Å²) >= 11 is 6.10. The number of imidazole rings is 1. The summed E-state index contributed by atoms with van der Waals surface area (Å²) in [5, 5.41) is 10.4. The maximum Gasteiger partial charge on any atom is 0.472 e. The van der Waals surface area contributed by atoms with Crippen LogP contribution in [0, 0.1) is 0 Å². The molecule has 2 aliphatic heterocycles. The number of nitrogens with zero attached hydrogens (tertiary/aromatic N) is 4. The van der Waals surface area contributed by atoms with Gasteiger partial charge in [-0.25, -0.2) is 19.5 Å². The lowest BCUT2D eigenvalue weighted by molar-refractivity contribution is -0.0663. The number of phosphoric acid groups is 1. The van der Waals surface area contributed by atoms with Crippen LogP contribution < -0.4 is 5.73 Å². The number of hydrogen-bond donors (Lipinski definition) is 3. The van der Waals surface area contributed by atoms with Crippen LogP contribution >= 0.6 is 19.4 Å². The SMILES string of the molecule is Nc1ncnc2c1nc(Cl)n2[C@@H]1O[C@@H]2COP(=O)(O)O[C@@H]2C1O.O.O. The van der Waals surface area contributed by atoms with E-state index in [1.807, 2.05) is 0 Å². The number of halogens is 1. The van der Waals surface area contributed by atoms with Crippen molar-refractivity contribution in [2.75, 3.05) is 12.3 Å². The van der Waals surface area contributed by atoms with Crippen molar-refractivity contribution in [2.24, 2.45) is 0 Å². The summed E-state index contributed by atoms with van der Waals surface area (Å²) in [4.78, 5) is 21.3. The number of aliphatic hydroxyl groups excluding tert-OH is 1. The van der Waals surface area contributed by atoms with Gasteiger partial charge in [-0.15, -0.1) is 0 Å². The molecule has 2 aromatic rings. The Labute approximate surface area is 144 Å². The molecule has 140 valence electrons. The van der Waals surface area contributed by atoms with Crippen LogP contribution in [0.25, 0.3) is 11.2 Å². The number of phosphoric ester groups is 1. The van der Waals surface area contributed by atoms with Gasteiger partial charge in [-0.3, -0.25) is 13.6 Å². The molecule has 2 unspecified atom stereocenters. The van der Waals surface area contributed by atoms with Gasteiger partial charge >= 0.3 is 7.82 Å². The van der Waals surface area contributed by atoms with E-state index in [0.29, 0.717) is 0 Å². The predicted octanol–water partition coefficient (Wildman–Crippen LogP) is -1.81. The van der Waals surface area contributed by atoms with Crippen molar-refractivity contribution >= 4 is 36.4 Å². The Hall–Kier alpha value is -1.41. The van der Waals surface area contributed by atoms with Crippen LogP contribution in [0.2, 0.25) is 5.28 Å². The summed E-state index contributed by atoms with van der Waals surface area (Å²) in [7, 11) is -4.21. The first-order chi connectivity index (χ1) is 10.9. The summed E-state index contributed by atoms with van der Waals surface area (Å²) in [6.45, 7) is -0.201. The van der Waals surface area contributed by atoms with Crippen LogP contribution in [0.5, 0.6) is 0 Å². The normalized spacial score (nSPS) is 34.2. The van der Waals surface area contributed by atoms with Gasteiger partial charge in [0.15, 0.2) is 23.2 Å². The minimum Gasteiger partial charge on any atom is -0.412 e. The fraction of sp³-hybridized carbons (Fsp3) is 0.500. The molecule has 0 spiro atoms. The van der Waals surface area contributed by atoms with E-state index < -0.39 is 32.4 Å². The van der Waals surface area contributed by atoms with Crippen molar-refractivity contribution in [3.8, 4) is 0 Å². The van der Waals surface area contributed by atoms with Gasteiger partial charge in [0, 0.05) is 0 Å². The average Bonchev–Trinajstić information content (AvgIpc) is 2.97. The second-order valence-electron chi connectivity index (χ2n) is 5.07. The van der Waals surface area contributed by atoms with Gasteiger partial charge in [-0.2, -0.15) is 0 Å². The van der Waals surface area contributed by atoms with Gasteiger partial charge in [0.2, 0.25) is 5.28 Å². The molecule has 2 aromatic heterocycles. The third-order valence-corrected chi connectivity index (χ3v) is 4.93. The van der Waals surface area contributed by atoms with Gasteiger partial charge in [0.05, 0.1) is 6.61 Å². The predicted molar refractivity (Wildman–Crippen MR) is 82.5 cm³/mol. The fourth-order valence-corrected chi connectivity index (χ4v) is 3.90. The molecular weight excluding hydrogens is 385 g/mol. The van der Waals surface area contributed by atoms with Crippen molar-refractivity contribution in [1.82, 2.24) is 19.5 Å². The van der Waals surface area contributed by atoms with Gasteiger partial charge < -0.3 is 31.4 Å². The highest BCUT2D eigenvalue weighted by atomic mass is 35.5. The Morgan fingerprint density at radius 1 is 1.40 bits per heavy atom. The Morgan fingerprint density at radius 2 is 2.12 bits per heavy atom. The Kier molecular flexibility index (Phi) is 5.35. The van der Waals surface area contributed by atoms with E-state index in [-0.39, 0.29) is 39.8 Å². The van der Waals surface area contributed by atoms with E-state index in [1.54, 1.807) is 0 Å². The third-order valence-electron chi connectivity index (χ3n) is 3.68. The fourth-order valence-electron chi connectivity index (χ4n) is 2.67. The van der Waals surface area contributed by atoms with Crippen LogP contribution in [-0.4, -0.2) is 65.4 Å². The maximum absolute atomic E-state index is 11.5. The minimum absolute atomic E-state index is 0. The molecule has 0 bridgehead atoms. The number of fused-ring (bicyclic) bond motifs is 2. The van der Waals surface area contributed by atoms with Crippen LogP contribution in [0.15, 0.2) is 6.33 Å². The zero-order chi connectivity index (χ0) is 16.4. The summed E-state index contributed by atoms with van der Waals surface area (Å²) < 4.78 is 28.0. The highest BCUT2D eigenvalue weighted by molar-refractivity contribution is 7.47. The van der Waals surface area contributed by atoms with E-state index in [9.17, 15) is 14.6 Å². The summed E-state index contributed by atoms with van der Waals surface area (Å²) in [5.41, 5.74) is 6.24. The van der Waals surface area contributed by atoms with Crippen molar-refractivity contribution in [1.29, 1.82) is 0 Å². The van der Waals surface area contributed by atoms with E-state index >= 15 is 0 Å². The third kappa shape index (κ3) is 3.10. The molecule has 25 heavy (non-hydrogen) atoms. The van der Waals surface area contributed by atoms with Crippen molar-refractivity contribution in [3.63, 3.8) is 0 Å². The van der Waals surface area contributed by atoms with Gasteiger partial charge in [-0.1, -0.05) is 0 Å². The van der Waals surface area contributed by atoms with Gasteiger partial charge in [0.25, 0.3) is 0 Å². The monoisotopic (exact) mass is 399 g/mol. The van der Waals surface area contributed by atoms with Crippen LogP contribution in [0.4, 0.5) is 5.82 Å². The number of nitrogen functional groups attached to an aromatic ring is 1. The first kappa shape index (κ1) is 19.9. The molecule has 0 radical (unpaired) electrons. The van der Waals surface area contributed by atoms with E-state index in [2.05, 4.69) is 19.5 Å². The standard InChI is InChI=1S/C10H11ClN5O6P.2H2O/c11-10-15-4-7(12)13-2-14-8(4)16(10)9-5(17)6-3(21-9)1-20-23(18,19)22-6;;/h2-3,5-6,9,17H,1H2,(H,18,19)(H2,12,13,14);2*1H2/t3-,5?,6+,9-;;/m1../s1. The van der Waals surface area contributed by atoms with Crippen molar-refractivity contribution in [3.05, 3.63) is 11.6 Å². The minimum atomic E-state index is -4.21. The molecular formula is C10H15ClN5O8P. The molecule has 13 nitrogen and oxygen atoms in total. The van der Waals surface area contributed by atoms with Crippen LogP contribution in [0.3, 0.4) is 0 Å². The van der Waals surface area contributed by atoms with Gasteiger partial charge in [-0.05, 0) is 11.6 Å². The first-order valence-corrected chi connectivity index (χ1v) is 8.38. The van der Waals surface area contributed by atoms with Gasteiger partial charge in [0.1, 0.15) is 24.6 Å². The molecule has 15 heteroatoms. The lowest BCUT2D eigenvalue weighted by Gasteiger charge is -2.27. The molecule has 4 heterocycles.